The number of nitrogens with one attached hydrogen (secondary N) is 1. The fourth-order valence-corrected chi connectivity index (χ4v) is 2.27. The molecule has 0 aliphatic carbocycles. The zero-order chi connectivity index (χ0) is 11.5. The summed E-state index contributed by atoms with van der Waals surface area (Å²) in [6, 6.07) is 5.51. The van der Waals surface area contributed by atoms with Crippen molar-refractivity contribution < 1.29 is 4.79 Å². The third-order valence-corrected chi connectivity index (χ3v) is 3.14. The largest absolute Gasteiger partial charge is 0.398 e. The second kappa shape index (κ2) is 4.53. The molecule has 1 aliphatic rings. The predicted octanol–water partition coefficient (Wildman–Crippen LogP) is 0.835. The van der Waals surface area contributed by atoms with Gasteiger partial charge in [0.1, 0.15) is 0 Å². The molecule has 86 valence electrons. The van der Waals surface area contributed by atoms with Crippen LogP contribution in [0.4, 0.5) is 5.69 Å². The van der Waals surface area contributed by atoms with E-state index in [2.05, 4.69) is 5.32 Å². The molecule has 2 rings (SSSR count). The molecule has 0 bridgehead atoms. The van der Waals surface area contributed by atoms with E-state index < -0.39 is 5.91 Å². The summed E-state index contributed by atoms with van der Waals surface area (Å²) < 4.78 is 0. The van der Waals surface area contributed by atoms with Crippen LogP contribution in [0.15, 0.2) is 18.2 Å². The Morgan fingerprint density at radius 3 is 2.88 bits per heavy atom. The van der Waals surface area contributed by atoms with Crippen LogP contribution in [0.5, 0.6) is 0 Å². The first-order valence-electron chi connectivity index (χ1n) is 5.59. The first-order valence-corrected chi connectivity index (χ1v) is 5.59. The highest BCUT2D eigenvalue weighted by Gasteiger charge is 2.19. The number of benzene rings is 1. The van der Waals surface area contributed by atoms with Crippen molar-refractivity contribution in [3.63, 3.8) is 0 Å². The zero-order valence-electron chi connectivity index (χ0n) is 9.20. The number of para-hydroxylation sites is 1. The van der Waals surface area contributed by atoms with Crippen molar-refractivity contribution in [2.45, 2.75) is 18.8 Å². The van der Waals surface area contributed by atoms with Crippen molar-refractivity contribution in [3.8, 4) is 0 Å². The fourth-order valence-electron chi connectivity index (χ4n) is 2.27. The minimum atomic E-state index is -0.455. The lowest BCUT2D eigenvalue weighted by Gasteiger charge is -2.24. The van der Waals surface area contributed by atoms with Gasteiger partial charge in [0.05, 0.1) is 5.56 Å². The molecule has 4 nitrogen and oxygen atoms in total. The molecule has 1 aliphatic heterocycles. The second-order valence-corrected chi connectivity index (χ2v) is 4.22. The summed E-state index contributed by atoms with van der Waals surface area (Å²) in [4.78, 5) is 11.2. The molecular weight excluding hydrogens is 202 g/mol. The fraction of sp³-hybridized carbons (Fsp3) is 0.417. The van der Waals surface area contributed by atoms with E-state index in [0.29, 0.717) is 17.2 Å². The van der Waals surface area contributed by atoms with E-state index in [-0.39, 0.29) is 0 Å². The third-order valence-electron chi connectivity index (χ3n) is 3.14. The molecule has 5 N–H and O–H groups in total. The van der Waals surface area contributed by atoms with E-state index in [1.54, 1.807) is 6.07 Å². The first-order chi connectivity index (χ1) is 7.70. The van der Waals surface area contributed by atoms with Gasteiger partial charge in [-0.3, -0.25) is 4.79 Å². The van der Waals surface area contributed by atoms with Crippen molar-refractivity contribution in [2.75, 3.05) is 18.8 Å². The first kappa shape index (κ1) is 11.0. The predicted molar refractivity (Wildman–Crippen MR) is 64.2 cm³/mol. The van der Waals surface area contributed by atoms with E-state index in [0.717, 1.165) is 31.5 Å². The van der Waals surface area contributed by atoms with Crippen molar-refractivity contribution in [2.24, 2.45) is 5.73 Å². The number of hydrogen-bond donors (Lipinski definition) is 3. The summed E-state index contributed by atoms with van der Waals surface area (Å²) in [7, 11) is 0. The highest BCUT2D eigenvalue weighted by atomic mass is 16.1. The number of carbonyl (C=O) groups is 1. The summed E-state index contributed by atoms with van der Waals surface area (Å²) >= 11 is 0. The number of primary amides is 1. The zero-order valence-corrected chi connectivity index (χ0v) is 9.20. The van der Waals surface area contributed by atoms with Crippen LogP contribution in [0.25, 0.3) is 0 Å². The molecule has 1 fully saturated rings. The Balaban J connectivity index is 2.33. The summed E-state index contributed by atoms with van der Waals surface area (Å²) in [5.41, 5.74) is 13.3. The van der Waals surface area contributed by atoms with Gasteiger partial charge in [-0.1, -0.05) is 12.1 Å². The Morgan fingerprint density at radius 1 is 1.44 bits per heavy atom. The van der Waals surface area contributed by atoms with Crippen LogP contribution in [0, 0.1) is 0 Å². The lowest BCUT2D eigenvalue weighted by Crippen LogP contribution is -2.29. The maximum absolute atomic E-state index is 11.2. The monoisotopic (exact) mass is 219 g/mol. The van der Waals surface area contributed by atoms with Gasteiger partial charge in [0.2, 0.25) is 0 Å². The number of anilines is 1. The molecule has 1 amide bonds. The second-order valence-electron chi connectivity index (χ2n) is 4.22. The quantitative estimate of drug-likeness (QED) is 0.644. The van der Waals surface area contributed by atoms with Crippen LogP contribution < -0.4 is 16.8 Å². The minimum Gasteiger partial charge on any atom is -0.398 e. The van der Waals surface area contributed by atoms with Gasteiger partial charge in [0, 0.05) is 12.2 Å². The van der Waals surface area contributed by atoms with Gasteiger partial charge in [0.15, 0.2) is 0 Å². The Morgan fingerprint density at radius 2 is 2.25 bits per heavy atom. The maximum atomic E-state index is 11.2. The van der Waals surface area contributed by atoms with Crippen LogP contribution in [0.3, 0.4) is 0 Å². The van der Waals surface area contributed by atoms with Gasteiger partial charge in [-0.05, 0) is 36.9 Å². The number of nitrogen functional groups attached to an aromatic ring is 1. The van der Waals surface area contributed by atoms with E-state index in [1.165, 1.54) is 0 Å². The summed E-state index contributed by atoms with van der Waals surface area (Å²) in [5.74, 6) is -0.0591. The minimum absolute atomic E-state index is 0.396. The summed E-state index contributed by atoms with van der Waals surface area (Å²) in [5, 5.41) is 3.34. The normalized spacial score (nSPS) is 20.6. The molecule has 1 saturated heterocycles. The van der Waals surface area contributed by atoms with Crippen LogP contribution in [-0.2, 0) is 0 Å². The number of carbonyl (C=O) groups excluding carboxylic acids is 1. The van der Waals surface area contributed by atoms with Crippen LogP contribution in [-0.4, -0.2) is 19.0 Å². The highest BCUT2D eigenvalue weighted by molar-refractivity contribution is 5.98. The molecule has 1 aromatic rings. The van der Waals surface area contributed by atoms with Crippen LogP contribution >= 0.6 is 0 Å². The van der Waals surface area contributed by atoms with E-state index in [9.17, 15) is 4.79 Å². The molecule has 0 spiro atoms. The smallest absolute Gasteiger partial charge is 0.250 e. The van der Waals surface area contributed by atoms with Gasteiger partial charge in [0.25, 0.3) is 5.91 Å². The van der Waals surface area contributed by atoms with Gasteiger partial charge in [-0.25, -0.2) is 0 Å². The summed E-state index contributed by atoms with van der Waals surface area (Å²) in [6.07, 6.45) is 2.25. The molecule has 4 heteroatoms. The van der Waals surface area contributed by atoms with E-state index in [4.69, 9.17) is 11.5 Å². The van der Waals surface area contributed by atoms with Crippen LogP contribution in [0.2, 0.25) is 0 Å². The number of nitrogens with two attached hydrogens (primary N) is 2. The molecule has 16 heavy (non-hydrogen) atoms. The standard InChI is InChI=1S/C12H17N3O/c13-11-9(8-3-2-6-15-7-8)4-1-5-10(11)12(14)16/h1,4-5,8,15H,2-3,6-7,13H2,(H2,14,16). The topological polar surface area (TPSA) is 81.1 Å². The molecular formula is C12H17N3O. The molecule has 1 atom stereocenters. The number of piperidine rings is 1. The Bertz CT molecular complexity index is 397. The van der Waals surface area contributed by atoms with Crippen LogP contribution in [0.1, 0.15) is 34.7 Å². The van der Waals surface area contributed by atoms with E-state index >= 15 is 0 Å². The number of hydrogen-bond acceptors (Lipinski definition) is 3. The van der Waals surface area contributed by atoms with E-state index in [1.807, 2.05) is 12.1 Å². The molecule has 1 heterocycles. The summed E-state index contributed by atoms with van der Waals surface area (Å²) in [6.45, 7) is 1.98. The molecule has 1 unspecified atom stereocenters. The van der Waals surface area contributed by atoms with Crippen molar-refractivity contribution in [3.05, 3.63) is 29.3 Å². The van der Waals surface area contributed by atoms with Gasteiger partial charge >= 0.3 is 0 Å². The van der Waals surface area contributed by atoms with Crippen molar-refractivity contribution in [1.29, 1.82) is 0 Å². The molecule has 0 radical (unpaired) electrons. The Kier molecular flexibility index (Phi) is 3.10. The Hall–Kier alpha value is -1.55. The highest BCUT2D eigenvalue weighted by Crippen LogP contribution is 2.29. The average Bonchev–Trinajstić information content (AvgIpc) is 2.30. The molecule has 1 aromatic carbocycles. The molecule has 0 aromatic heterocycles. The lowest BCUT2D eigenvalue weighted by molar-refractivity contribution is 0.100. The van der Waals surface area contributed by atoms with Gasteiger partial charge < -0.3 is 16.8 Å². The number of rotatable bonds is 2. The SMILES string of the molecule is NC(=O)c1cccc(C2CCCNC2)c1N. The van der Waals surface area contributed by atoms with Crippen molar-refractivity contribution >= 4 is 11.6 Å². The average molecular weight is 219 g/mol. The lowest BCUT2D eigenvalue weighted by atomic mass is 9.89. The number of amides is 1. The third kappa shape index (κ3) is 2.02. The van der Waals surface area contributed by atoms with Crippen molar-refractivity contribution in [1.82, 2.24) is 5.32 Å². The maximum Gasteiger partial charge on any atom is 0.250 e. The van der Waals surface area contributed by atoms with Gasteiger partial charge in [-0.2, -0.15) is 0 Å². The Labute approximate surface area is 95.0 Å². The van der Waals surface area contributed by atoms with Gasteiger partial charge in [-0.15, -0.1) is 0 Å². The molecule has 0 saturated carbocycles.